The van der Waals surface area contributed by atoms with E-state index in [4.69, 9.17) is 5.11 Å². The molecule has 0 aliphatic carbocycles. The minimum absolute atomic E-state index is 0.0296. The van der Waals surface area contributed by atoms with E-state index in [-0.39, 0.29) is 10.2 Å². The first-order valence-electron chi connectivity index (χ1n) is 4.21. The number of piperidine rings is 1. The quantitative estimate of drug-likeness (QED) is 0.468. The topological polar surface area (TPSA) is 23.5 Å². The second-order valence-electron chi connectivity index (χ2n) is 3.35. The van der Waals surface area contributed by atoms with Crippen molar-refractivity contribution in [2.75, 3.05) is 19.7 Å². The van der Waals surface area contributed by atoms with E-state index in [9.17, 15) is 0 Å². The third-order valence-electron chi connectivity index (χ3n) is 2.30. The number of hydrogen-bond acceptors (Lipinski definition) is 2. The molecule has 0 saturated carbocycles. The molecule has 3 heteroatoms. The maximum absolute atomic E-state index is 9.10. The molecule has 1 atom stereocenters. The molecule has 0 aromatic carbocycles. The Morgan fingerprint density at radius 1 is 1.36 bits per heavy atom. The summed E-state index contributed by atoms with van der Waals surface area (Å²) in [6.45, 7) is 4.66. The molecule has 1 N–H and O–H groups in total. The average molecular weight is 269 g/mol. The van der Waals surface area contributed by atoms with Gasteiger partial charge in [0, 0.05) is 0 Å². The normalized spacial score (nSPS) is 26.5. The molecule has 1 aliphatic heterocycles. The van der Waals surface area contributed by atoms with Crippen molar-refractivity contribution in [2.24, 2.45) is 0 Å². The molecule has 1 unspecified atom stereocenters. The molecule has 0 spiro atoms. The van der Waals surface area contributed by atoms with Gasteiger partial charge in [0.2, 0.25) is 0 Å². The Balaban J connectivity index is 2.43. The molecule has 0 aromatic rings. The molecule has 1 fully saturated rings. The Kier molecular flexibility index (Phi) is 3.58. The predicted octanol–water partition coefficient (Wildman–Crippen LogP) is 1.62. The van der Waals surface area contributed by atoms with Crippen molar-refractivity contribution in [1.29, 1.82) is 0 Å². The maximum atomic E-state index is 9.10. The van der Waals surface area contributed by atoms with Crippen LogP contribution in [0.3, 0.4) is 0 Å². The highest BCUT2D eigenvalue weighted by Crippen LogP contribution is 2.26. The van der Waals surface area contributed by atoms with Crippen molar-refractivity contribution in [3.63, 3.8) is 0 Å². The van der Waals surface area contributed by atoms with Crippen LogP contribution in [0.2, 0.25) is 0 Å². The lowest BCUT2D eigenvalue weighted by Gasteiger charge is -2.38. The van der Waals surface area contributed by atoms with E-state index in [2.05, 4.69) is 34.4 Å². The highest BCUT2D eigenvalue weighted by Gasteiger charge is 2.28. The summed E-state index contributed by atoms with van der Waals surface area (Å²) in [7, 11) is 0. The van der Waals surface area contributed by atoms with Gasteiger partial charge in [-0.15, -0.1) is 0 Å². The zero-order valence-electron chi connectivity index (χ0n) is 7.02. The fourth-order valence-electron chi connectivity index (χ4n) is 1.46. The fourth-order valence-corrected chi connectivity index (χ4v) is 1.94. The SMILES string of the molecule is CC(I)(CO)N1CCCCC1. The third-order valence-corrected chi connectivity index (χ3v) is 3.33. The zero-order chi connectivity index (χ0) is 8.32. The Morgan fingerprint density at radius 3 is 2.36 bits per heavy atom. The summed E-state index contributed by atoms with van der Waals surface area (Å²) in [4.78, 5) is 2.37. The van der Waals surface area contributed by atoms with Crippen LogP contribution in [0.4, 0.5) is 0 Å². The van der Waals surface area contributed by atoms with Crippen LogP contribution in [-0.4, -0.2) is 33.2 Å². The van der Waals surface area contributed by atoms with Gasteiger partial charge in [-0.05, 0) is 32.9 Å². The van der Waals surface area contributed by atoms with Crippen LogP contribution in [0.25, 0.3) is 0 Å². The maximum Gasteiger partial charge on any atom is 0.0935 e. The van der Waals surface area contributed by atoms with Gasteiger partial charge in [-0.25, -0.2) is 0 Å². The molecule has 1 aliphatic rings. The Bertz CT molecular complexity index is 121. The molecular weight excluding hydrogens is 253 g/mol. The Labute approximate surface area is 82.1 Å². The van der Waals surface area contributed by atoms with Crippen molar-refractivity contribution in [1.82, 2.24) is 4.90 Å². The molecule has 0 radical (unpaired) electrons. The van der Waals surface area contributed by atoms with Crippen LogP contribution in [0, 0.1) is 0 Å². The van der Waals surface area contributed by atoms with Gasteiger partial charge in [0.1, 0.15) is 0 Å². The minimum atomic E-state index is -0.0296. The highest BCUT2D eigenvalue weighted by atomic mass is 127. The molecule has 2 nitrogen and oxygen atoms in total. The first-order valence-corrected chi connectivity index (χ1v) is 5.29. The molecule has 0 bridgehead atoms. The van der Waals surface area contributed by atoms with E-state index in [1.54, 1.807) is 0 Å². The molecular formula is C8H16INO. The summed E-state index contributed by atoms with van der Waals surface area (Å²) in [5, 5.41) is 9.10. The second kappa shape index (κ2) is 4.05. The van der Waals surface area contributed by atoms with E-state index in [1.165, 1.54) is 19.3 Å². The van der Waals surface area contributed by atoms with Crippen LogP contribution in [0.5, 0.6) is 0 Å². The number of likely N-dealkylation sites (tertiary alicyclic amines) is 1. The van der Waals surface area contributed by atoms with E-state index in [0.717, 1.165) is 13.1 Å². The summed E-state index contributed by atoms with van der Waals surface area (Å²) < 4.78 is -0.0296. The van der Waals surface area contributed by atoms with E-state index < -0.39 is 0 Å². The number of hydrogen-bond donors (Lipinski definition) is 1. The van der Waals surface area contributed by atoms with Crippen LogP contribution in [-0.2, 0) is 0 Å². The number of aliphatic hydroxyl groups excluding tert-OH is 1. The summed E-state index contributed by atoms with van der Waals surface area (Å²) in [5.41, 5.74) is 0. The lowest BCUT2D eigenvalue weighted by Crippen LogP contribution is -2.46. The number of aliphatic hydroxyl groups is 1. The van der Waals surface area contributed by atoms with Crippen LogP contribution >= 0.6 is 22.6 Å². The molecule has 66 valence electrons. The smallest absolute Gasteiger partial charge is 0.0935 e. The van der Waals surface area contributed by atoms with Crippen molar-refractivity contribution in [2.45, 2.75) is 29.7 Å². The van der Waals surface area contributed by atoms with Gasteiger partial charge in [0.15, 0.2) is 0 Å². The van der Waals surface area contributed by atoms with E-state index in [1.807, 2.05) is 0 Å². The fraction of sp³-hybridized carbons (Fsp3) is 1.00. The van der Waals surface area contributed by atoms with Crippen LogP contribution in [0.15, 0.2) is 0 Å². The molecule has 1 rings (SSSR count). The highest BCUT2D eigenvalue weighted by molar-refractivity contribution is 14.1. The van der Waals surface area contributed by atoms with Gasteiger partial charge in [-0.1, -0.05) is 29.0 Å². The number of rotatable bonds is 2. The van der Waals surface area contributed by atoms with E-state index >= 15 is 0 Å². The van der Waals surface area contributed by atoms with Crippen LogP contribution in [0.1, 0.15) is 26.2 Å². The number of alkyl halides is 1. The Hall–Kier alpha value is 0.650. The average Bonchev–Trinajstić information content (AvgIpc) is 2.06. The summed E-state index contributed by atoms with van der Waals surface area (Å²) in [5.74, 6) is 0. The predicted molar refractivity (Wildman–Crippen MR) is 54.9 cm³/mol. The molecule has 0 aromatic heterocycles. The molecule has 0 amide bonds. The second-order valence-corrected chi connectivity index (χ2v) is 5.67. The first-order chi connectivity index (χ1) is 5.17. The molecule has 1 heterocycles. The monoisotopic (exact) mass is 269 g/mol. The minimum Gasteiger partial charge on any atom is -0.394 e. The molecule has 1 saturated heterocycles. The standard InChI is InChI=1S/C8H16INO/c1-8(9,7-11)10-5-3-2-4-6-10/h11H,2-7H2,1H3. The Morgan fingerprint density at radius 2 is 1.91 bits per heavy atom. The van der Waals surface area contributed by atoms with Crippen molar-refractivity contribution >= 4 is 22.6 Å². The first kappa shape index (κ1) is 9.74. The summed E-state index contributed by atoms with van der Waals surface area (Å²) in [6, 6.07) is 0. The van der Waals surface area contributed by atoms with Crippen molar-refractivity contribution in [3.8, 4) is 0 Å². The van der Waals surface area contributed by atoms with Crippen LogP contribution < -0.4 is 0 Å². The van der Waals surface area contributed by atoms with Gasteiger partial charge in [-0.2, -0.15) is 0 Å². The number of halogens is 1. The van der Waals surface area contributed by atoms with Gasteiger partial charge >= 0.3 is 0 Å². The summed E-state index contributed by atoms with van der Waals surface area (Å²) >= 11 is 2.33. The van der Waals surface area contributed by atoms with Gasteiger partial charge in [-0.3, -0.25) is 4.90 Å². The molecule has 11 heavy (non-hydrogen) atoms. The lowest BCUT2D eigenvalue weighted by atomic mass is 10.1. The van der Waals surface area contributed by atoms with E-state index in [0.29, 0.717) is 0 Å². The van der Waals surface area contributed by atoms with Gasteiger partial charge in [0.05, 0.1) is 10.2 Å². The van der Waals surface area contributed by atoms with Crippen molar-refractivity contribution < 1.29 is 5.11 Å². The number of nitrogens with zero attached hydrogens (tertiary/aromatic N) is 1. The third kappa shape index (κ3) is 2.56. The van der Waals surface area contributed by atoms with Crippen molar-refractivity contribution in [3.05, 3.63) is 0 Å². The summed E-state index contributed by atoms with van der Waals surface area (Å²) in [6.07, 6.45) is 3.94. The van der Waals surface area contributed by atoms with Gasteiger partial charge < -0.3 is 5.11 Å². The van der Waals surface area contributed by atoms with Gasteiger partial charge in [0.25, 0.3) is 0 Å². The zero-order valence-corrected chi connectivity index (χ0v) is 9.17. The largest absolute Gasteiger partial charge is 0.394 e. The lowest BCUT2D eigenvalue weighted by molar-refractivity contribution is 0.104.